The molecule has 154 valence electrons. The van der Waals surface area contributed by atoms with Crippen molar-refractivity contribution in [3.63, 3.8) is 0 Å². The molecular weight excluding hydrogens is 352 g/mol. The zero-order valence-corrected chi connectivity index (χ0v) is 17.7. The van der Waals surface area contributed by atoms with Gasteiger partial charge in [-0.3, -0.25) is 0 Å². The first-order chi connectivity index (χ1) is 13.0. The molecule has 1 aliphatic heterocycles. The molecule has 3 aliphatic carbocycles. The van der Waals surface area contributed by atoms with Gasteiger partial charge in [0, 0.05) is 22.7 Å². The van der Waals surface area contributed by atoms with Gasteiger partial charge in [0.05, 0.1) is 24.4 Å². The fourth-order valence-corrected chi connectivity index (χ4v) is 6.27. The number of hydrogen-bond donors (Lipinski definition) is 2. The minimum Gasteiger partial charge on any atom is -0.385 e. The molecule has 0 amide bonds. The van der Waals surface area contributed by atoms with Crippen LogP contribution in [0.4, 0.5) is 0 Å². The lowest BCUT2D eigenvalue weighted by molar-refractivity contribution is -0.160. The molecule has 1 fully saturated rings. The molecule has 3 unspecified atom stereocenters. The predicted molar refractivity (Wildman–Crippen MR) is 109 cm³/mol. The molecule has 7 atom stereocenters. The van der Waals surface area contributed by atoms with E-state index in [9.17, 15) is 10.2 Å². The van der Waals surface area contributed by atoms with Crippen LogP contribution in [0.5, 0.6) is 0 Å². The molecule has 2 bridgehead atoms. The van der Waals surface area contributed by atoms with Gasteiger partial charge in [-0.05, 0) is 32.8 Å². The number of aliphatic hydroxyl groups excluding tert-OH is 1. The van der Waals surface area contributed by atoms with Crippen molar-refractivity contribution in [1.82, 2.24) is 0 Å². The topological polar surface area (TPSA) is 58.9 Å². The Morgan fingerprint density at radius 1 is 1.36 bits per heavy atom. The van der Waals surface area contributed by atoms with E-state index in [1.165, 1.54) is 22.8 Å². The Balaban J connectivity index is 1.97. The van der Waals surface area contributed by atoms with Crippen LogP contribution in [0.2, 0.25) is 0 Å². The van der Waals surface area contributed by atoms with Crippen LogP contribution in [0.25, 0.3) is 0 Å². The summed E-state index contributed by atoms with van der Waals surface area (Å²) in [7, 11) is 0. The normalized spacial score (nSPS) is 46.9. The van der Waals surface area contributed by atoms with E-state index in [2.05, 4.69) is 59.4 Å². The number of hydrogen-bond acceptors (Lipinski definition) is 4. The number of ether oxygens (including phenoxy) is 2. The lowest BCUT2D eigenvalue weighted by Gasteiger charge is -2.58. The van der Waals surface area contributed by atoms with Gasteiger partial charge in [-0.15, -0.1) is 0 Å². The molecule has 28 heavy (non-hydrogen) atoms. The van der Waals surface area contributed by atoms with E-state index in [-0.39, 0.29) is 24.0 Å². The van der Waals surface area contributed by atoms with Crippen molar-refractivity contribution in [2.45, 2.75) is 71.6 Å². The van der Waals surface area contributed by atoms with Gasteiger partial charge >= 0.3 is 0 Å². The second-order valence-corrected chi connectivity index (χ2v) is 9.86. The second kappa shape index (κ2) is 6.40. The highest BCUT2D eigenvalue weighted by atomic mass is 16.6. The molecule has 1 saturated heterocycles. The van der Waals surface area contributed by atoms with Crippen LogP contribution in [0.1, 0.15) is 47.5 Å². The van der Waals surface area contributed by atoms with Crippen LogP contribution in [-0.4, -0.2) is 40.9 Å². The second-order valence-electron chi connectivity index (χ2n) is 9.86. The zero-order chi connectivity index (χ0) is 20.5. The molecule has 1 heterocycles. The van der Waals surface area contributed by atoms with Crippen molar-refractivity contribution in [3.8, 4) is 0 Å². The van der Waals surface area contributed by atoms with Gasteiger partial charge in [-0.25, -0.2) is 0 Å². The summed E-state index contributed by atoms with van der Waals surface area (Å²) < 4.78 is 12.0. The Kier molecular flexibility index (Phi) is 4.59. The average Bonchev–Trinajstić information content (AvgIpc) is 2.59. The van der Waals surface area contributed by atoms with E-state index >= 15 is 0 Å². The van der Waals surface area contributed by atoms with E-state index < -0.39 is 22.7 Å². The molecule has 4 nitrogen and oxygen atoms in total. The fourth-order valence-electron chi connectivity index (χ4n) is 6.27. The third-order valence-corrected chi connectivity index (χ3v) is 8.00. The zero-order valence-electron chi connectivity index (χ0n) is 17.7. The van der Waals surface area contributed by atoms with Gasteiger partial charge in [-0.2, -0.15) is 0 Å². The van der Waals surface area contributed by atoms with Crippen molar-refractivity contribution in [1.29, 1.82) is 0 Å². The standard InChI is InChI=1S/C24H34O4/c1-7-19(25)28-21-15(3)20-14(2)8-11-24(26,22(20,4)5)12-17-16-13-27-18(16)9-10-23(17,21)6/h7,9-10,12,15-16,18-19,21,25-26H,1,8,11,13H2,2-6H3/b17-12-/t15?,16-,18?,19?,21+,23+,24+/m0/s1. The number of aliphatic hydroxyl groups is 2. The number of rotatable bonds is 3. The van der Waals surface area contributed by atoms with Gasteiger partial charge < -0.3 is 19.7 Å². The predicted octanol–water partition coefficient (Wildman–Crippen LogP) is 3.91. The Hall–Kier alpha value is -1.20. The lowest BCUT2D eigenvalue weighted by Crippen LogP contribution is -2.58. The minimum absolute atomic E-state index is 0.0346. The maximum absolute atomic E-state index is 11.9. The first-order valence-corrected chi connectivity index (χ1v) is 10.5. The van der Waals surface area contributed by atoms with E-state index in [4.69, 9.17) is 9.47 Å². The first-order valence-electron chi connectivity index (χ1n) is 10.5. The van der Waals surface area contributed by atoms with E-state index in [0.29, 0.717) is 6.61 Å². The van der Waals surface area contributed by atoms with Crippen molar-refractivity contribution in [2.75, 3.05) is 6.61 Å². The van der Waals surface area contributed by atoms with Crippen LogP contribution in [-0.2, 0) is 9.47 Å². The van der Waals surface area contributed by atoms with Crippen LogP contribution in [0.15, 0.2) is 47.6 Å². The summed E-state index contributed by atoms with van der Waals surface area (Å²) in [5.41, 5.74) is 2.02. The van der Waals surface area contributed by atoms with Crippen LogP contribution >= 0.6 is 0 Å². The van der Waals surface area contributed by atoms with Gasteiger partial charge in [0.1, 0.15) is 0 Å². The van der Waals surface area contributed by atoms with Crippen molar-refractivity contribution in [2.24, 2.45) is 22.7 Å². The summed E-state index contributed by atoms with van der Waals surface area (Å²) in [6.07, 6.45) is 8.24. The Morgan fingerprint density at radius 3 is 2.68 bits per heavy atom. The van der Waals surface area contributed by atoms with Crippen LogP contribution in [0, 0.1) is 22.7 Å². The molecule has 0 spiro atoms. The SMILES string of the molecule is C=CC(O)O[C@@H]1C(C)C2=C(C)CC[C@@](O)(/C=C3/[C@@H]4COC4C=C[C@]31C)C2(C)C. The molecule has 2 N–H and O–H groups in total. The molecule has 0 aromatic rings. The largest absolute Gasteiger partial charge is 0.385 e. The summed E-state index contributed by atoms with van der Waals surface area (Å²) in [5, 5.41) is 22.2. The fraction of sp³-hybridized carbons (Fsp3) is 0.667. The first kappa shape index (κ1) is 20.1. The van der Waals surface area contributed by atoms with Gasteiger partial charge in [0.2, 0.25) is 0 Å². The summed E-state index contributed by atoms with van der Waals surface area (Å²) in [5.74, 6) is 0.287. The lowest BCUT2D eigenvalue weighted by atomic mass is 9.52. The average molecular weight is 387 g/mol. The molecule has 4 aliphatic rings. The minimum atomic E-state index is -1.03. The van der Waals surface area contributed by atoms with Gasteiger partial charge in [-0.1, -0.05) is 62.3 Å². The van der Waals surface area contributed by atoms with E-state index in [1.54, 1.807) is 0 Å². The quantitative estimate of drug-likeness (QED) is 0.570. The molecule has 0 saturated carbocycles. The Bertz CT molecular complexity index is 775. The summed E-state index contributed by atoms with van der Waals surface area (Å²) in [6.45, 7) is 15.2. The van der Waals surface area contributed by atoms with Crippen LogP contribution < -0.4 is 0 Å². The van der Waals surface area contributed by atoms with E-state index in [0.717, 1.165) is 12.8 Å². The monoisotopic (exact) mass is 386 g/mol. The highest BCUT2D eigenvalue weighted by molar-refractivity contribution is 5.44. The van der Waals surface area contributed by atoms with E-state index in [1.807, 2.05) is 0 Å². The molecule has 0 aromatic heterocycles. The maximum Gasteiger partial charge on any atom is 0.174 e. The van der Waals surface area contributed by atoms with Gasteiger partial charge in [0.15, 0.2) is 6.29 Å². The summed E-state index contributed by atoms with van der Waals surface area (Å²) >= 11 is 0. The van der Waals surface area contributed by atoms with Crippen molar-refractivity contribution >= 4 is 0 Å². The van der Waals surface area contributed by atoms with Crippen LogP contribution in [0.3, 0.4) is 0 Å². The molecule has 4 rings (SSSR count). The third kappa shape index (κ3) is 2.58. The maximum atomic E-state index is 11.9. The number of fused-ring (bicyclic) bond motifs is 5. The van der Waals surface area contributed by atoms with Crippen molar-refractivity contribution in [3.05, 3.63) is 47.6 Å². The highest BCUT2D eigenvalue weighted by Gasteiger charge is 2.58. The summed E-state index contributed by atoms with van der Waals surface area (Å²) in [4.78, 5) is 0. The smallest absolute Gasteiger partial charge is 0.174 e. The highest BCUT2D eigenvalue weighted by Crippen LogP contribution is 2.59. The Morgan fingerprint density at radius 2 is 2.07 bits per heavy atom. The molecule has 4 heteroatoms. The van der Waals surface area contributed by atoms with Crippen molar-refractivity contribution < 1.29 is 19.7 Å². The summed E-state index contributed by atoms with van der Waals surface area (Å²) in [6, 6.07) is 0. The molecule has 0 radical (unpaired) electrons. The van der Waals surface area contributed by atoms with Gasteiger partial charge in [0.25, 0.3) is 0 Å². The molecular formula is C24H34O4. The third-order valence-electron chi connectivity index (χ3n) is 8.00. The molecule has 0 aromatic carbocycles. The Labute approximate surface area is 168 Å². The number of allylic oxidation sites excluding steroid dienone is 1.